The van der Waals surface area contributed by atoms with E-state index in [1.54, 1.807) is 0 Å². The molecule has 4 nitrogen and oxygen atoms in total. The molecular formula is C14H20N2O2. The first-order valence-electron chi connectivity index (χ1n) is 6.46. The van der Waals surface area contributed by atoms with Crippen LogP contribution in [0.4, 0.5) is 5.69 Å². The van der Waals surface area contributed by atoms with Crippen molar-refractivity contribution in [3.63, 3.8) is 0 Å². The van der Waals surface area contributed by atoms with Gasteiger partial charge in [-0.1, -0.05) is 13.0 Å². The first-order valence-corrected chi connectivity index (χ1v) is 6.46. The van der Waals surface area contributed by atoms with Crippen LogP contribution in [0.3, 0.4) is 0 Å². The van der Waals surface area contributed by atoms with E-state index in [9.17, 15) is 4.79 Å². The van der Waals surface area contributed by atoms with Gasteiger partial charge in [-0.05, 0) is 37.3 Å². The number of nitrogens with one attached hydrogen (secondary N) is 1. The minimum atomic E-state index is -0.460. The average Bonchev–Trinajstić information content (AvgIpc) is 3.18. The molecule has 0 bridgehead atoms. The van der Waals surface area contributed by atoms with Crippen LogP contribution in [0.2, 0.25) is 0 Å². The molecule has 0 aromatic heterocycles. The lowest BCUT2D eigenvalue weighted by Gasteiger charge is -2.18. The Morgan fingerprint density at radius 3 is 2.94 bits per heavy atom. The first-order chi connectivity index (χ1) is 8.69. The van der Waals surface area contributed by atoms with Crippen molar-refractivity contribution in [2.24, 2.45) is 11.7 Å². The van der Waals surface area contributed by atoms with E-state index in [-0.39, 0.29) is 6.61 Å². The normalized spacial score (nSPS) is 16.1. The number of anilines is 1. The lowest BCUT2D eigenvalue weighted by molar-refractivity contribution is -0.119. The lowest BCUT2D eigenvalue weighted by atomic mass is 10.1. The largest absolute Gasteiger partial charge is 0.484 e. The third-order valence-electron chi connectivity index (χ3n) is 3.20. The fourth-order valence-electron chi connectivity index (χ4n) is 2.10. The Morgan fingerprint density at radius 2 is 2.33 bits per heavy atom. The van der Waals surface area contributed by atoms with Gasteiger partial charge in [-0.15, -0.1) is 0 Å². The molecule has 0 spiro atoms. The molecule has 1 aliphatic carbocycles. The van der Waals surface area contributed by atoms with Crippen molar-refractivity contribution >= 4 is 11.6 Å². The van der Waals surface area contributed by atoms with E-state index in [0.29, 0.717) is 11.8 Å². The molecule has 1 aliphatic rings. The molecule has 3 N–H and O–H groups in total. The van der Waals surface area contributed by atoms with Crippen LogP contribution in [0.15, 0.2) is 24.3 Å². The number of ether oxygens (including phenoxy) is 1. The van der Waals surface area contributed by atoms with Gasteiger partial charge in [0.1, 0.15) is 5.75 Å². The van der Waals surface area contributed by atoms with Gasteiger partial charge in [0.25, 0.3) is 5.91 Å². The molecule has 0 radical (unpaired) electrons. The molecule has 2 rings (SSSR count). The Hall–Kier alpha value is -1.71. The van der Waals surface area contributed by atoms with E-state index in [2.05, 4.69) is 12.2 Å². The highest BCUT2D eigenvalue weighted by molar-refractivity contribution is 5.75. The Kier molecular flexibility index (Phi) is 4.07. The molecule has 1 aromatic rings. The zero-order valence-electron chi connectivity index (χ0n) is 10.7. The molecule has 1 atom stereocenters. The van der Waals surface area contributed by atoms with Gasteiger partial charge in [0.15, 0.2) is 6.61 Å². The molecule has 18 heavy (non-hydrogen) atoms. The summed E-state index contributed by atoms with van der Waals surface area (Å²) in [4.78, 5) is 10.7. The second-order valence-corrected chi connectivity index (χ2v) is 4.78. The van der Waals surface area contributed by atoms with Crippen LogP contribution in [0, 0.1) is 5.92 Å². The quantitative estimate of drug-likeness (QED) is 0.777. The SMILES string of the molecule is CCC(Nc1cccc(OCC(N)=O)c1)C1CC1. The highest BCUT2D eigenvalue weighted by Crippen LogP contribution is 2.35. The van der Waals surface area contributed by atoms with Gasteiger partial charge < -0.3 is 15.8 Å². The summed E-state index contributed by atoms with van der Waals surface area (Å²) in [7, 11) is 0. The van der Waals surface area contributed by atoms with Gasteiger partial charge in [0.2, 0.25) is 0 Å². The number of nitrogens with two attached hydrogens (primary N) is 1. The summed E-state index contributed by atoms with van der Waals surface area (Å²) in [6.45, 7) is 2.12. The van der Waals surface area contributed by atoms with Gasteiger partial charge in [-0.2, -0.15) is 0 Å². The zero-order chi connectivity index (χ0) is 13.0. The maximum atomic E-state index is 10.7. The molecule has 1 fully saturated rings. The molecule has 1 amide bonds. The second kappa shape index (κ2) is 5.76. The van der Waals surface area contributed by atoms with Crippen LogP contribution < -0.4 is 15.8 Å². The maximum Gasteiger partial charge on any atom is 0.255 e. The number of carbonyl (C=O) groups excluding carboxylic acids is 1. The van der Waals surface area contributed by atoms with Crippen LogP contribution in [0.1, 0.15) is 26.2 Å². The standard InChI is InChI=1S/C14H20N2O2/c1-2-13(10-6-7-10)16-11-4-3-5-12(8-11)18-9-14(15)17/h3-5,8,10,13,16H,2,6-7,9H2,1H3,(H2,15,17). The number of hydrogen-bond acceptors (Lipinski definition) is 3. The van der Waals surface area contributed by atoms with E-state index in [1.165, 1.54) is 12.8 Å². The predicted octanol–water partition coefficient (Wildman–Crippen LogP) is 2.15. The zero-order valence-corrected chi connectivity index (χ0v) is 10.7. The molecule has 4 heteroatoms. The molecule has 1 unspecified atom stereocenters. The molecular weight excluding hydrogens is 228 g/mol. The third kappa shape index (κ3) is 3.65. The summed E-state index contributed by atoms with van der Waals surface area (Å²) >= 11 is 0. The summed E-state index contributed by atoms with van der Waals surface area (Å²) in [5.41, 5.74) is 6.09. The number of primary amides is 1. The molecule has 0 saturated heterocycles. The van der Waals surface area contributed by atoms with Crippen molar-refractivity contribution in [2.75, 3.05) is 11.9 Å². The number of hydrogen-bond donors (Lipinski definition) is 2. The van der Waals surface area contributed by atoms with E-state index < -0.39 is 5.91 Å². The van der Waals surface area contributed by atoms with Crippen molar-refractivity contribution in [2.45, 2.75) is 32.2 Å². The van der Waals surface area contributed by atoms with E-state index in [0.717, 1.165) is 18.0 Å². The Bertz CT molecular complexity index is 416. The summed E-state index contributed by atoms with van der Waals surface area (Å²) < 4.78 is 5.28. The summed E-state index contributed by atoms with van der Waals surface area (Å²) in [6, 6.07) is 8.21. The molecule has 98 valence electrons. The van der Waals surface area contributed by atoms with Crippen molar-refractivity contribution in [3.8, 4) is 5.75 Å². The second-order valence-electron chi connectivity index (χ2n) is 4.78. The van der Waals surface area contributed by atoms with E-state index in [4.69, 9.17) is 10.5 Å². The lowest BCUT2D eigenvalue weighted by Crippen LogP contribution is -2.21. The van der Waals surface area contributed by atoms with Crippen LogP contribution in [-0.2, 0) is 4.79 Å². The number of amides is 1. The van der Waals surface area contributed by atoms with Crippen LogP contribution in [0.5, 0.6) is 5.75 Å². The van der Waals surface area contributed by atoms with Gasteiger partial charge >= 0.3 is 0 Å². The van der Waals surface area contributed by atoms with Crippen molar-refractivity contribution in [3.05, 3.63) is 24.3 Å². The van der Waals surface area contributed by atoms with Crippen LogP contribution in [0.25, 0.3) is 0 Å². The van der Waals surface area contributed by atoms with Gasteiger partial charge in [-0.3, -0.25) is 4.79 Å². The smallest absolute Gasteiger partial charge is 0.255 e. The minimum absolute atomic E-state index is 0.0801. The summed E-state index contributed by atoms with van der Waals surface area (Å²) in [6.07, 6.45) is 3.77. The van der Waals surface area contributed by atoms with Crippen molar-refractivity contribution in [1.29, 1.82) is 0 Å². The highest BCUT2D eigenvalue weighted by Gasteiger charge is 2.29. The van der Waals surface area contributed by atoms with E-state index >= 15 is 0 Å². The predicted molar refractivity (Wildman–Crippen MR) is 71.6 cm³/mol. The molecule has 0 aliphatic heterocycles. The van der Waals surface area contributed by atoms with Gasteiger partial charge in [0.05, 0.1) is 0 Å². The summed E-state index contributed by atoms with van der Waals surface area (Å²) in [5.74, 6) is 1.02. The minimum Gasteiger partial charge on any atom is -0.484 e. The van der Waals surface area contributed by atoms with Crippen LogP contribution in [-0.4, -0.2) is 18.6 Å². The third-order valence-corrected chi connectivity index (χ3v) is 3.20. The molecule has 1 saturated carbocycles. The Balaban J connectivity index is 1.95. The van der Waals surface area contributed by atoms with Gasteiger partial charge in [-0.25, -0.2) is 0 Å². The number of rotatable bonds is 7. The van der Waals surface area contributed by atoms with Crippen molar-refractivity contribution in [1.82, 2.24) is 0 Å². The monoisotopic (exact) mass is 248 g/mol. The average molecular weight is 248 g/mol. The molecule has 1 aromatic carbocycles. The topological polar surface area (TPSA) is 64.3 Å². The fraction of sp³-hybridized carbons (Fsp3) is 0.500. The first kappa shape index (κ1) is 12.7. The van der Waals surface area contributed by atoms with E-state index in [1.807, 2.05) is 24.3 Å². The van der Waals surface area contributed by atoms with Gasteiger partial charge in [0, 0.05) is 17.8 Å². The van der Waals surface area contributed by atoms with Crippen molar-refractivity contribution < 1.29 is 9.53 Å². The fourth-order valence-corrected chi connectivity index (χ4v) is 2.10. The number of carbonyl (C=O) groups is 1. The Morgan fingerprint density at radius 1 is 1.56 bits per heavy atom. The number of benzene rings is 1. The maximum absolute atomic E-state index is 10.7. The Labute approximate surface area is 108 Å². The highest BCUT2D eigenvalue weighted by atomic mass is 16.5. The molecule has 0 heterocycles. The summed E-state index contributed by atoms with van der Waals surface area (Å²) in [5, 5.41) is 3.52. The van der Waals surface area contributed by atoms with Crippen LogP contribution >= 0.6 is 0 Å².